The van der Waals surface area contributed by atoms with Crippen LogP contribution >= 0.6 is 0 Å². The van der Waals surface area contributed by atoms with Crippen LogP contribution < -0.4 is 10.2 Å². The average molecular weight is 304 g/mol. The molecule has 1 saturated heterocycles. The monoisotopic (exact) mass is 304 g/mol. The third kappa shape index (κ3) is 3.75. The molecule has 1 aromatic rings. The highest BCUT2D eigenvalue weighted by Crippen LogP contribution is 2.20. The Hall–Kier alpha value is -2.11. The molecular formula is C16H24N4O2. The van der Waals surface area contributed by atoms with E-state index in [1.54, 1.807) is 17.2 Å². The maximum atomic E-state index is 12.4. The maximum Gasteiger partial charge on any atom is 0.248 e. The van der Waals surface area contributed by atoms with E-state index in [-0.39, 0.29) is 17.9 Å². The van der Waals surface area contributed by atoms with Gasteiger partial charge in [0.2, 0.25) is 11.8 Å². The average Bonchev–Trinajstić information content (AvgIpc) is 2.97. The van der Waals surface area contributed by atoms with Crippen molar-refractivity contribution in [2.24, 2.45) is 0 Å². The predicted molar refractivity (Wildman–Crippen MR) is 86.8 cm³/mol. The Bertz CT molecular complexity index is 527. The number of nitrogens with one attached hydrogen (secondary N) is 1. The predicted octanol–water partition coefficient (Wildman–Crippen LogP) is 1.88. The van der Waals surface area contributed by atoms with Crippen LogP contribution in [0.1, 0.15) is 32.6 Å². The number of aromatic nitrogens is 1. The number of carbonyl (C=O) groups is 2. The SMILES string of the molecule is CCCC(=O)N1CCCC1C(=O)Nc1ccc(N(C)C)cn1. The third-order valence-electron chi connectivity index (χ3n) is 3.86. The molecule has 1 atom stereocenters. The molecule has 1 N–H and O–H groups in total. The minimum atomic E-state index is -0.366. The zero-order valence-electron chi connectivity index (χ0n) is 13.5. The fourth-order valence-corrected chi connectivity index (χ4v) is 2.63. The van der Waals surface area contributed by atoms with Crippen LogP contribution in [0.5, 0.6) is 0 Å². The lowest BCUT2D eigenvalue weighted by atomic mass is 10.2. The molecule has 120 valence electrons. The molecule has 2 amide bonds. The van der Waals surface area contributed by atoms with Gasteiger partial charge in [0.25, 0.3) is 0 Å². The molecule has 1 aromatic heterocycles. The number of amides is 2. The molecule has 6 heteroatoms. The molecule has 0 radical (unpaired) electrons. The molecule has 0 saturated carbocycles. The van der Waals surface area contributed by atoms with Crippen LogP contribution in [0.15, 0.2) is 18.3 Å². The largest absolute Gasteiger partial charge is 0.376 e. The van der Waals surface area contributed by atoms with Crippen molar-refractivity contribution in [2.45, 2.75) is 38.6 Å². The first-order valence-electron chi connectivity index (χ1n) is 7.76. The lowest BCUT2D eigenvalue weighted by Crippen LogP contribution is -2.43. The molecule has 6 nitrogen and oxygen atoms in total. The normalized spacial score (nSPS) is 17.4. The summed E-state index contributed by atoms with van der Waals surface area (Å²) in [6, 6.07) is 3.31. The van der Waals surface area contributed by atoms with E-state index in [9.17, 15) is 9.59 Å². The standard InChI is InChI=1S/C16H24N4O2/c1-4-6-15(21)20-10-5-7-13(20)16(22)18-14-9-8-12(11-17-14)19(2)3/h8-9,11,13H,4-7,10H2,1-3H3,(H,17,18,22). The summed E-state index contributed by atoms with van der Waals surface area (Å²) in [5, 5.41) is 2.81. The van der Waals surface area contributed by atoms with Crippen molar-refractivity contribution in [1.82, 2.24) is 9.88 Å². The summed E-state index contributed by atoms with van der Waals surface area (Å²) in [4.78, 5) is 32.3. The van der Waals surface area contributed by atoms with Crippen molar-refractivity contribution in [3.05, 3.63) is 18.3 Å². The van der Waals surface area contributed by atoms with Gasteiger partial charge in [0.1, 0.15) is 11.9 Å². The van der Waals surface area contributed by atoms with Gasteiger partial charge >= 0.3 is 0 Å². The molecule has 0 bridgehead atoms. The van der Waals surface area contributed by atoms with Crippen LogP contribution in [0.25, 0.3) is 0 Å². The molecule has 0 aromatic carbocycles. The van der Waals surface area contributed by atoms with Gasteiger partial charge in [0, 0.05) is 27.1 Å². The maximum absolute atomic E-state index is 12.4. The van der Waals surface area contributed by atoms with E-state index in [0.717, 1.165) is 24.9 Å². The molecule has 1 aliphatic heterocycles. The second kappa shape index (κ2) is 7.24. The summed E-state index contributed by atoms with van der Waals surface area (Å²) in [7, 11) is 3.87. The zero-order valence-corrected chi connectivity index (χ0v) is 13.5. The second-order valence-corrected chi connectivity index (χ2v) is 5.78. The number of likely N-dealkylation sites (tertiary alicyclic amines) is 1. The van der Waals surface area contributed by atoms with Crippen LogP contribution in [-0.2, 0) is 9.59 Å². The zero-order chi connectivity index (χ0) is 16.1. The Kier molecular flexibility index (Phi) is 5.35. The van der Waals surface area contributed by atoms with Gasteiger partial charge in [-0.3, -0.25) is 9.59 Å². The van der Waals surface area contributed by atoms with Crippen LogP contribution in [0, 0.1) is 0 Å². The molecule has 22 heavy (non-hydrogen) atoms. The van der Waals surface area contributed by atoms with Gasteiger partial charge < -0.3 is 15.1 Å². The van der Waals surface area contributed by atoms with Crippen molar-refractivity contribution in [3.63, 3.8) is 0 Å². The lowest BCUT2D eigenvalue weighted by Gasteiger charge is -2.23. The van der Waals surface area contributed by atoms with Gasteiger partial charge in [0.05, 0.1) is 11.9 Å². The molecule has 0 aliphatic carbocycles. The van der Waals surface area contributed by atoms with E-state index in [1.807, 2.05) is 32.0 Å². The lowest BCUT2D eigenvalue weighted by molar-refractivity contribution is -0.136. The summed E-state index contributed by atoms with van der Waals surface area (Å²) >= 11 is 0. The number of hydrogen-bond donors (Lipinski definition) is 1. The summed E-state index contributed by atoms with van der Waals surface area (Å²) < 4.78 is 0. The fraction of sp³-hybridized carbons (Fsp3) is 0.562. The second-order valence-electron chi connectivity index (χ2n) is 5.78. The van der Waals surface area contributed by atoms with E-state index >= 15 is 0 Å². The first-order valence-corrected chi connectivity index (χ1v) is 7.76. The van der Waals surface area contributed by atoms with E-state index in [0.29, 0.717) is 18.8 Å². The van der Waals surface area contributed by atoms with Gasteiger partial charge in [-0.15, -0.1) is 0 Å². The Balaban J connectivity index is 2.00. The number of rotatable bonds is 5. The quantitative estimate of drug-likeness (QED) is 0.902. The summed E-state index contributed by atoms with van der Waals surface area (Å²) in [6.45, 7) is 2.64. The molecule has 0 spiro atoms. The van der Waals surface area contributed by atoms with Crippen molar-refractivity contribution < 1.29 is 9.59 Å². The summed E-state index contributed by atoms with van der Waals surface area (Å²) in [6.07, 6.45) is 4.61. The summed E-state index contributed by atoms with van der Waals surface area (Å²) in [5.74, 6) is 0.438. The van der Waals surface area contributed by atoms with E-state index in [2.05, 4.69) is 10.3 Å². The first kappa shape index (κ1) is 16.3. The molecule has 1 fully saturated rings. The van der Waals surface area contributed by atoms with Crippen LogP contribution in [0.4, 0.5) is 11.5 Å². The minimum Gasteiger partial charge on any atom is -0.376 e. The van der Waals surface area contributed by atoms with Gasteiger partial charge in [0.15, 0.2) is 0 Å². The van der Waals surface area contributed by atoms with Gasteiger partial charge in [-0.1, -0.05) is 6.92 Å². The smallest absolute Gasteiger partial charge is 0.248 e. The Morgan fingerprint density at radius 2 is 2.18 bits per heavy atom. The topological polar surface area (TPSA) is 65.5 Å². The van der Waals surface area contributed by atoms with Gasteiger partial charge in [-0.25, -0.2) is 4.98 Å². The number of pyridine rings is 1. The number of hydrogen-bond acceptors (Lipinski definition) is 4. The first-order chi connectivity index (χ1) is 10.5. The van der Waals surface area contributed by atoms with Gasteiger partial charge in [-0.2, -0.15) is 0 Å². The Labute approximate surface area is 131 Å². The Morgan fingerprint density at radius 3 is 2.77 bits per heavy atom. The van der Waals surface area contributed by atoms with Crippen molar-refractivity contribution in [1.29, 1.82) is 0 Å². The van der Waals surface area contributed by atoms with E-state index < -0.39 is 0 Å². The molecule has 1 unspecified atom stereocenters. The molecule has 2 rings (SSSR count). The van der Waals surface area contributed by atoms with Crippen LogP contribution in [-0.4, -0.2) is 48.4 Å². The Morgan fingerprint density at radius 1 is 1.41 bits per heavy atom. The fourth-order valence-electron chi connectivity index (χ4n) is 2.63. The van der Waals surface area contributed by atoms with Crippen molar-refractivity contribution in [2.75, 3.05) is 30.9 Å². The number of carbonyl (C=O) groups excluding carboxylic acids is 2. The number of anilines is 2. The highest BCUT2D eigenvalue weighted by molar-refractivity contribution is 5.97. The molecular weight excluding hydrogens is 280 g/mol. The van der Waals surface area contributed by atoms with Crippen LogP contribution in [0.3, 0.4) is 0 Å². The van der Waals surface area contributed by atoms with E-state index in [4.69, 9.17) is 0 Å². The summed E-state index contributed by atoms with van der Waals surface area (Å²) in [5.41, 5.74) is 0.971. The van der Waals surface area contributed by atoms with Gasteiger partial charge in [-0.05, 0) is 31.4 Å². The number of nitrogens with zero attached hydrogens (tertiary/aromatic N) is 3. The van der Waals surface area contributed by atoms with Crippen LogP contribution in [0.2, 0.25) is 0 Å². The van der Waals surface area contributed by atoms with E-state index in [1.165, 1.54) is 0 Å². The van der Waals surface area contributed by atoms with Crippen molar-refractivity contribution in [3.8, 4) is 0 Å². The highest BCUT2D eigenvalue weighted by Gasteiger charge is 2.33. The third-order valence-corrected chi connectivity index (χ3v) is 3.86. The molecule has 1 aliphatic rings. The highest BCUT2D eigenvalue weighted by atomic mass is 16.2. The molecule has 2 heterocycles. The van der Waals surface area contributed by atoms with Crippen molar-refractivity contribution >= 4 is 23.3 Å². The minimum absolute atomic E-state index is 0.0658.